The van der Waals surface area contributed by atoms with Crippen molar-refractivity contribution in [1.29, 1.82) is 0 Å². The van der Waals surface area contributed by atoms with Crippen LogP contribution in [0.25, 0.3) is 33.6 Å². The summed E-state index contributed by atoms with van der Waals surface area (Å²) in [5.41, 5.74) is 10.4. The van der Waals surface area contributed by atoms with Crippen LogP contribution >= 0.6 is 0 Å². The van der Waals surface area contributed by atoms with Crippen LogP contribution in [-0.2, 0) is 17.8 Å². The van der Waals surface area contributed by atoms with Gasteiger partial charge in [-0.1, -0.05) is 0 Å². The summed E-state index contributed by atoms with van der Waals surface area (Å²) in [5, 5.41) is 1.06. The van der Waals surface area contributed by atoms with Crippen LogP contribution in [0.1, 0.15) is 30.1 Å². The van der Waals surface area contributed by atoms with Gasteiger partial charge in [-0.05, 0) is 56.0 Å². The highest BCUT2D eigenvalue weighted by atomic mass is 16.5. The number of amides is 1. The second-order valence-corrected chi connectivity index (χ2v) is 9.76. The van der Waals surface area contributed by atoms with Gasteiger partial charge in [0, 0.05) is 56.0 Å². The highest BCUT2D eigenvalue weighted by Gasteiger charge is 2.47. The number of pyridine rings is 1. The van der Waals surface area contributed by atoms with Gasteiger partial charge in [0.15, 0.2) is 5.82 Å². The van der Waals surface area contributed by atoms with Crippen LogP contribution < -0.4 is 10.5 Å². The molecule has 1 unspecified atom stereocenters. The average molecular weight is 489 g/mol. The van der Waals surface area contributed by atoms with E-state index >= 15 is 0 Å². The zero-order valence-corrected chi connectivity index (χ0v) is 21.0. The fourth-order valence-corrected chi connectivity index (χ4v) is 6.15. The van der Waals surface area contributed by atoms with Gasteiger partial charge in [-0.2, -0.15) is 0 Å². The Labute approximate surface area is 209 Å². The molecule has 1 aromatic carbocycles. The number of hydrogen-bond donors (Lipinski definition) is 1. The molecule has 9 nitrogen and oxygen atoms in total. The second kappa shape index (κ2) is 8.90. The predicted octanol–water partition coefficient (Wildman–Crippen LogP) is 3.29. The first-order valence-corrected chi connectivity index (χ1v) is 12.6. The number of piperidine rings is 1. The Balaban J connectivity index is 1.51. The van der Waals surface area contributed by atoms with Gasteiger partial charge in [0.05, 0.1) is 24.9 Å². The molecule has 1 amide bonds. The average Bonchev–Trinajstić information content (AvgIpc) is 3.65. The third kappa shape index (κ3) is 3.41. The Bertz CT molecular complexity index is 1460. The van der Waals surface area contributed by atoms with E-state index in [4.69, 9.17) is 20.2 Å². The molecule has 1 saturated carbocycles. The van der Waals surface area contributed by atoms with Crippen LogP contribution in [0.4, 0.5) is 0 Å². The SMILES string of the molecule is CCn1c(-c2nc3cc(C(=O)N4C[C@H]5CC[C@@H]4C5N)cc(OC)c3n2CCOC)cc2cccnc21. The third-order valence-corrected chi connectivity index (χ3v) is 7.91. The maximum atomic E-state index is 13.6. The molecule has 2 fully saturated rings. The Morgan fingerprint density at radius 2 is 2.06 bits per heavy atom. The number of nitrogens with two attached hydrogens (primary N) is 1. The first-order chi connectivity index (χ1) is 17.5. The van der Waals surface area contributed by atoms with E-state index < -0.39 is 0 Å². The number of carbonyl (C=O) groups excluding carboxylic acids is 1. The van der Waals surface area contributed by atoms with E-state index in [1.807, 2.05) is 29.3 Å². The molecule has 2 N–H and O–H groups in total. The van der Waals surface area contributed by atoms with E-state index in [2.05, 4.69) is 33.2 Å². The normalized spacial score (nSPS) is 21.2. The highest BCUT2D eigenvalue weighted by molar-refractivity contribution is 6.00. The number of ether oxygens (including phenoxy) is 2. The lowest BCUT2D eigenvalue weighted by Crippen LogP contribution is -2.41. The van der Waals surface area contributed by atoms with Crippen LogP contribution in [0.2, 0.25) is 0 Å². The zero-order chi connectivity index (χ0) is 25.0. The van der Waals surface area contributed by atoms with E-state index in [0.717, 1.165) is 59.5 Å². The number of nitrogens with zero attached hydrogens (tertiary/aromatic N) is 5. The predicted molar refractivity (Wildman–Crippen MR) is 138 cm³/mol. The van der Waals surface area contributed by atoms with Crippen LogP contribution in [0.5, 0.6) is 5.75 Å². The Hall–Kier alpha value is -3.43. The molecule has 4 heterocycles. The van der Waals surface area contributed by atoms with E-state index in [0.29, 0.717) is 30.4 Å². The number of aryl methyl sites for hydroxylation is 1. The maximum absolute atomic E-state index is 13.6. The monoisotopic (exact) mass is 488 g/mol. The number of fused-ring (bicyclic) bond motifs is 4. The van der Waals surface area contributed by atoms with Crippen molar-refractivity contribution < 1.29 is 14.3 Å². The van der Waals surface area contributed by atoms with E-state index in [9.17, 15) is 4.79 Å². The zero-order valence-electron chi connectivity index (χ0n) is 21.0. The van der Waals surface area contributed by atoms with Gasteiger partial charge in [-0.25, -0.2) is 9.97 Å². The number of hydrogen-bond acceptors (Lipinski definition) is 6. The third-order valence-electron chi connectivity index (χ3n) is 7.91. The minimum atomic E-state index is -0.00212. The van der Waals surface area contributed by atoms with Crippen LogP contribution in [0.15, 0.2) is 36.5 Å². The summed E-state index contributed by atoms with van der Waals surface area (Å²) in [7, 11) is 3.32. The molecule has 9 heteroatoms. The van der Waals surface area contributed by atoms with E-state index in [1.165, 1.54) is 0 Å². The summed E-state index contributed by atoms with van der Waals surface area (Å²) in [6, 6.07) is 10.0. The topological polar surface area (TPSA) is 100 Å². The van der Waals surface area contributed by atoms with Gasteiger partial charge in [-0.15, -0.1) is 0 Å². The molecule has 2 aliphatic rings. The summed E-state index contributed by atoms with van der Waals surface area (Å²) in [6.45, 7) is 4.69. The number of rotatable bonds is 7. The van der Waals surface area contributed by atoms with Gasteiger partial charge < -0.3 is 29.2 Å². The molecule has 2 bridgehead atoms. The lowest BCUT2D eigenvalue weighted by atomic mass is 10.1. The number of imidazole rings is 1. The fraction of sp³-hybridized carbons (Fsp3) is 0.444. The van der Waals surface area contributed by atoms with Crippen molar-refractivity contribution in [3.63, 3.8) is 0 Å². The van der Waals surface area contributed by atoms with Crippen LogP contribution in [-0.4, -0.2) is 69.4 Å². The summed E-state index contributed by atoms with van der Waals surface area (Å²) in [5.74, 6) is 1.82. The number of aromatic nitrogens is 4. The van der Waals surface area contributed by atoms with Crippen LogP contribution in [0, 0.1) is 5.92 Å². The maximum Gasteiger partial charge on any atom is 0.254 e. The number of carbonyl (C=O) groups is 1. The fourth-order valence-electron chi connectivity index (χ4n) is 6.15. The van der Waals surface area contributed by atoms with Crippen molar-refractivity contribution in [2.75, 3.05) is 27.4 Å². The minimum Gasteiger partial charge on any atom is -0.494 e. The van der Waals surface area contributed by atoms with Crippen molar-refractivity contribution in [2.45, 2.75) is 44.9 Å². The van der Waals surface area contributed by atoms with E-state index in [1.54, 1.807) is 14.2 Å². The largest absolute Gasteiger partial charge is 0.494 e. The van der Waals surface area contributed by atoms with Gasteiger partial charge in [0.2, 0.25) is 0 Å². The number of likely N-dealkylation sites (tertiary alicyclic amines) is 1. The molecule has 1 saturated heterocycles. The van der Waals surface area contributed by atoms with Crippen molar-refractivity contribution in [1.82, 2.24) is 24.0 Å². The van der Waals surface area contributed by atoms with Crippen molar-refractivity contribution in [2.24, 2.45) is 11.7 Å². The number of benzene rings is 1. The van der Waals surface area contributed by atoms with Gasteiger partial charge >= 0.3 is 0 Å². The molecule has 0 radical (unpaired) electrons. The quantitative estimate of drug-likeness (QED) is 0.429. The van der Waals surface area contributed by atoms with Crippen molar-refractivity contribution >= 4 is 28.0 Å². The first-order valence-electron chi connectivity index (χ1n) is 12.6. The highest BCUT2D eigenvalue weighted by Crippen LogP contribution is 2.39. The Morgan fingerprint density at radius 1 is 1.19 bits per heavy atom. The molecule has 3 atom stereocenters. The van der Waals surface area contributed by atoms with Crippen molar-refractivity contribution in [3.8, 4) is 17.3 Å². The second-order valence-electron chi connectivity index (χ2n) is 9.76. The molecule has 36 heavy (non-hydrogen) atoms. The van der Waals surface area contributed by atoms with Gasteiger partial charge in [-0.3, -0.25) is 4.79 Å². The molecule has 1 aliphatic heterocycles. The molecule has 188 valence electrons. The number of methoxy groups -OCH3 is 2. The molecule has 4 aromatic rings. The Morgan fingerprint density at radius 3 is 2.75 bits per heavy atom. The van der Waals surface area contributed by atoms with Crippen LogP contribution in [0.3, 0.4) is 0 Å². The summed E-state index contributed by atoms with van der Waals surface area (Å²) < 4.78 is 15.6. The molecule has 6 rings (SSSR count). The van der Waals surface area contributed by atoms with Gasteiger partial charge in [0.25, 0.3) is 5.91 Å². The Kier molecular flexibility index (Phi) is 5.69. The molecule has 1 aliphatic carbocycles. The standard InChI is InChI=1S/C27H32N6O3/c1-4-31-21(13-16-6-5-9-29-25(16)31)26-30-19-12-18(14-22(36-3)24(19)32(26)10-11-35-2)27(34)33-15-17-7-8-20(33)23(17)28/h5-6,9,12-14,17,20,23H,4,7-8,10-11,15,28H2,1-3H3/t17-,20-,23?/m1/s1. The molecular weight excluding hydrogens is 456 g/mol. The van der Waals surface area contributed by atoms with Gasteiger partial charge in [0.1, 0.15) is 16.9 Å². The summed E-state index contributed by atoms with van der Waals surface area (Å²) in [4.78, 5) is 25.2. The molecule has 0 spiro atoms. The smallest absolute Gasteiger partial charge is 0.254 e. The molecular formula is C27H32N6O3. The lowest BCUT2D eigenvalue weighted by Gasteiger charge is -2.27. The lowest BCUT2D eigenvalue weighted by molar-refractivity contribution is 0.0700. The summed E-state index contributed by atoms with van der Waals surface area (Å²) in [6.07, 6.45) is 3.89. The van der Waals surface area contributed by atoms with E-state index in [-0.39, 0.29) is 18.0 Å². The first kappa shape index (κ1) is 23.0. The molecule has 3 aromatic heterocycles. The minimum absolute atomic E-state index is 0.00212. The van der Waals surface area contributed by atoms with Crippen molar-refractivity contribution in [3.05, 3.63) is 42.1 Å². The summed E-state index contributed by atoms with van der Waals surface area (Å²) >= 11 is 0.